The predicted octanol–water partition coefficient (Wildman–Crippen LogP) is 4.63. The molecule has 1 atom stereocenters. The molecule has 0 N–H and O–H groups in total. The second kappa shape index (κ2) is 8.78. The van der Waals surface area contributed by atoms with Gasteiger partial charge in [0.05, 0.1) is 13.0 Å². The normalized spacial score (nSPS) is 11.7. The van der Waals surface area contributed by atoms with Gasteiger partial charge in [0.25, 0.3) is 0 Å². The average molecular weight is 278 g/mol. The van der Waals surface area contributed by atoms with Crippen molar-refractivity contribution in [2.75, 3.05) is 7.11 Å². The molecule has 0 heterocycles. The van der Waals surface area contributed by atoms with E-state index in [1.807, 2.05) is 20.8 Å². The van der Waals surface area contributed by atoms with Crippen LogP contribution in [0.25, 0.3) is 0 Å². The van der Waals surface area contributed by atoms with Crippen LogP contribution in [-0.2, 0) is 16.0 Å². The molecule has 114 valence electrons. The van der Waals surface area contributed by atoms with Crippen LogP contribution in [0.1, 0.15) is 49.9 Å². The molecule has 0 amide bonds. The first-order valence-corrected chi connectivity index (χ1v) is 7.39. The highest BCUT2D eigenvalue weighted by Crippen LogP contribution is 2.15. The Morgan fingerprint density at radius 1 is 1.10 bits per heavy atom. The largest absolute Gasteiger partial charge is 0.469 e. The molecule has 0 saturated heterocycles. The molecular weight excluding hydrogens is 248 g/mol. The number of rotatable bonds is 3. The minimum atomic E-state index is -0.120. The molecule has 2 heteroatoms. The van der Waals surface area contributed by atoms with Gasteiger partial charge in [-0.05, 0) is 55.4 Å². The fourth-order valence-electron chi connectivity index (χ4n) is 1.79. The second-order valence-electron chi connectivity index (χ2n) is 5.76. The summed E-state index contributed by atoms with van der Waals surface area (Å²) in [4.78, 5) is 10.7. The molecule has 0 aliphatic rings. The van der Waals surface area contributed by atoms with Gasteiger partial charge in [-0.2, -0.15) is 0 Å². The minimum Gasteiger partial charge on any atom is -0.469 e. The van der Waals surface area contributed by atoms with Gasteiger partial charge in [0.1, 0.15) is 0 Å². The van der Waals surface area contributed by atoms with Crippen LogP contribution in [0.5, 0.6) is 0 Å². The molecule has 0 spiro atoms. The first kappa shape index (κ1) is 18.7. The van der Waals surface area contributed by atoms with Gasteiger partial charge < -0.3 is 4.74 Å². The maximum absolute atomic E-state index is 10.7. The first-order valence-electron chi connectivity index (χ1n) is 7.39. The van der Waals surface area contributed by atoms with Crippen molar-refractivity contribution >= 4 is 5.97 Å². The molecule has 0 radical (unpaired) electrons. The lowest BCUT2D eigenvalue weighted by Gasteiger charge is -2.11. The Kier molecular flexibility index (Phi) is 8.21. The van der Waals surface area contributed by atoms with Crippen molar-refractivity contribution < 1.29 is 9.53 Å². The zero-order chi connectivity index (χ0) is 15.9. The number of aryl methyl sites for hydroxylation is 3. The summed E-state index contributed by atoms with van der Waals surface area (Å²) >= 11 is 0. The van der Waals surface area contributed by atoms with Gasteiger partial charge in [-0.15, -0.1) is 0 Å². The third kappa shape index (κ3) is 5.77. The molecular formula is C18H30O2. The molecule has 0 aliphatic carbocycles. The average Bonchev–Trinajstić information content (AvgIpc) is 2.42. The van der Waals surface area contributed by atoms with Crippen LogP contribution in [0.2, 0.25) is 0 Å². The summed E-state index contributed by atoms with van der Waals surface area (Å²) in [6.07, 6.45) is 1.14. The Bertz CT molecular complexity index is 410. The summed E-state index contributed by atoms with van der Waals surface area (Å²) in [5, 5.41) is 0. The second-order valence-corrected chi connectivity index (χ2v) is 5.76. The maximum Gasteiger partial charge on any atom is 0.308 e. The molecule has 1 aromatic carbocycles. The van der Waals surface area contributed by atoms with E-state index >= 15 is 0 Å². The van der Waals surface area contributed by atoms with Crippen LogP contribution in [0.15, 0.2) is 12.1 Å². The summed E-state index contributed by atoms with van der Waals surface area (Å²) in [5.74, 6) is 0.275. The summed E-state index contributed by atoms with van der Waals surface area (Å²) in [6, 6.07) is 4.56. The van der Waals surface area contributed by atoms with Crippen LogP contribution in [0, 0.1) is 32.6 Å². The molecule has 20 heavy (non-hydrogen) atoms. The quantitative estimate of drug-likeness (QED) is 0.754. The van der Waals surface area contributed by atoms with Crippen LogP contribution >= 0.6 is 0 Å². The fourth-order valence-corrected chi connectivity index (χ4v) is 1.79. The third-order valence-corrected chi connectivity index (χ3v) is 3.97. The van der Waals surface area contributed by atoms with E-state index in [1.54, 1.807) is 0 Å². The summed E-state index contributed by atoms with van der Waals surface area (Å²) in [7, 11) is 1.42. The standard InChI is InChI=1S/C11H16.C7H14O2/c1-5-11-6-8(2)10(4)9(3)7-11;1-5(2)6(3)7(8)9-4/h6-7H,5H2,1-4H3;5-6H,1-4H3. The first-order chi connectivity index (χ1) is 9.24. The number of carbonyl (C=O) groups excluding carboxylic acids is 1. The topological polar surface area (TPSA) is 26.3 Å². The maximum atomic E-state index is 10.7. The van der Waals surface area contributed by atoms with Gasteiger partial charge in [-0.3, -0.25) is 4.79 Å². The molecule has 0 fully saturated rings. The SMILES string of the molecule is CCc1cc(C)c(C)c(C)c1.COC(=O)C(C)C(C)C. The lowest BCUT2D eigenvalue weighted by atomic mass is 9.99. The smallest absolute Gasteiger partial charge is 0.308 e. The Hall–Kier alpha value is -1.31. The molecule has 1 rings (SSSR count). The van der Waals surface area contributed by atoms with Crippen molar-refractivity contribution in [1.82, 2.24) is 0 Å². The van der Waals surface area contributed by atoms with E-state index in [1.165, 1.54) is 29.4 Å². The van der Waals surface area contributed by atoms with E-state index in [0.29, 0.717) is 5.92 Å². The molecule has 0 aromatic heterocycles. The van der Waals surface area contributed by atoms with E-state index in [4.69, 9.17) is 0 Å². The molecule has 1 aromatic rings. The highest BCUT2D eigenvalue weighted by Gasteiger charge is 2.15. The zero-order valence-electron chi connectivity index (χ0n) is 14.3. The number of hydrogen-bond donors (Lipinski definition) is 0. The summed E-state index contributed by atoms with van der Waals surface area (Å²) in [6.45, 7) is 14.6. The number of ether oxygens (including phenoxy) is 1. The monoisotopic (exact) mass is 278 g/mol. The van der Waals surface area contributed by atoms with Crippen molar-refractivity contribution in [1.29, 1.82) is 0 Å². The van der Waals surface area contributed by atoms with Crippen LogP contribution in [-0.4, -0.2) is 13.1 Å². The van der Waals surface area contributed by atoms with Crippen molar-refractivity contribution in [3.63, 3.8) is 0 Å². The highest BCUT2D eigenvalue weighted by atomic mass is 16.5. The van der Waals surface area contributed by atoms with Gasteiger partial charge in [-0.25, -0.2) is 0 Å². The number of carbonyl (C=O) groups is 1. The number of esters is 1. The van der Waals surface area contributed by atoms with Gasteiger partial charge in [-0.1, -0.05) is 39.8 Å². The Morgan fingerprint density at radius 3 is 1.80 bits per heavy atom. The number of benzene rings is 1. The Labute approximate surface area is 124 Å². The predicted molar refractivity (Wildman–Crippen MR) is 86.0 cm³/mol. The molecule has 1 unspecified atom stereocenters. The zero-order valence-corrected chi connectivity index (χ0v) is 14.3. The van der Waals surface area contributed by atoms with Crippen molar-refractivity contribution in [2.45, 2.75) is 54.9 Å². The highest BCUT2D eigenvalue weighted by molar-refractivity contribution is 5.71. The van der Waals surface area contributed by atoms with Crippen molar-refractivity contribution in [3.05, 3.63) is 34.4 Å². The van der Waals surface area contributed by atoms with E-state index in [2.05, 4.69) is 44.6 Å². The van der Waals surface area contributed by atoms with Crippen LogP contribution < -0.4 is 0 Å². The fraction of sp³-hybridized carbons (Fsp3) is 0.611. The molecule has 0 aliphatic heterocycles. The third-order valence-electron chi connectivity index (χ3n) is 3.97. The molecule has 2 nitrogen and oxygen atoms in total. The van der Waals surface area contributed by atoms with Crippen molar-refractivity contribution in [2.24, 2.45) is 11.8 Å². The van der Waals surface area contributed by atoms with Gasteiger partial charge in [0, 0.05) is 0 Å². The van der Waals surface area contributed by atoms with Gasteiger partial charge in [0.2, 0.25) is 0 Å². The molecule has 0 bridgehead atoms. The lowest BCUT2D eigenvalue weighted by molar-refractivity contribution is -0.146. The summed E-state index contributed by atoms with van der Waals surface area (Å²) < 4.78 is 4.53. The lowest BCUT2D eigenvalue weighted by Crippen LogP contribution is -2.17. The minimum absolute atomic E-state index is 0.0231. The molecule has 0 saturated carbocycles. The van der Waals surface area contributed by atoms with Crippen LogP contribution in [0.3, 0.4) is 0 Å². The summed E-state index contributed by atoms with van der Waals surface area (Å²) in [5.41, 5.74) is 5.72. The van der Waals surface area contributed by atoms with Gasteiger partial charge >= 0.3 is 5.97 Å². The van der Waals surface area contributed by atoms with Crippen LogP contribution in [0.4, 0.5) is 0 Å². The van der Waals surface area contributed by atoms with Gasteiger partial charge in [0.15, 0.2) is 0 Å². The number of methoxy groups -OCH3 is 1. The van der Waals surface area contributed by atoms with E-state index in [-0.39, 0.29) is 11.9 Å². The van der Waals surface area contributed by atoms with Crippen molar-refractivity contribution in [3.8, 4) is 0 Å². The van der Waals surface area contributed by atoms with E-state index < -0.39 is 0 Å². The van der Waals surface area contributed by atoms with E-state index in [9.17, 15) is 4.79 Å². The number of hydrogen-bond acceptors (Lipinski definition) is 2. The Morgan fingerprint density at radius 2 is 1.55 bits per heavy atom. The van der Waals surface area contributed by atoms with E-state index in [0.717, 1.165) is 6.42 Å². The Balaban J connectivity index is 0.000000370.